The van der Waals surface area contributed by atoms with Crippen LogP contribution >= 0.6 is 0 Å². The van der Waals surface area contributed by atoms with Crippen LogP contribution in [0.1, 0.15) is 30.1 Å². The minimum Gasteiger partial charge on any atom is -0.497 e. The van der Waals surface area contributed by atoms with Crippen LogP contribution in [0.15, 0.2) is 77.7 Å². The predicted molar refractivity (Wildman–Crippen MR) is 157 cm³/mol. The number of carbonyl (C=O) groups excluding carboxylic acids is 2. The standard InChI is InChI=1S/C24H26FNO6S.C7H5IO4/c1-3-13-32-21-10-9-20(25)22-23(21)26(11-15-33(29,30)14-4-12-27)16-19(24(22)28)17-5-7-18(31-2)8-6-17;9-7(12-8(10)11)6-4-2-1-3-5-6/h5-10,12,16H,3-4,11,13-15H2,1-2H3;1-5H. The first-order valence-corrected chi connectivity index (χ1v) is 18.1. The SMILES string of the molecule is CCCOc1ccc(F)c2c(=O)c(-c3ccc(OC)cc3)cn(CCS(=O)(=O)CCC=O)c12.O=C(O[I+2]([O-])[O-])c1ccccc1. The molecular formula is C31H31FINO10S. The number of carbonyl (C=O) groups is 2. The number of aldehydes is 1. The van der Waals surface area contributed by atoms with E-state index in [2.05, 4.69) is 3.07 Å². The third kappa shape index (κ3) is 10.1. The topological polar surface area (TPSA) is 164 Å². The number of rotatable bonds is 13. The van der Waals surface area contributed by atoms with Gasteiger partial charge in [0.1, 0.15) is 23.6 Å². The number of aryl methyl sites for hydroxylation is 1. The molecule has 0 unspecified atom stereocenters. The molecule has 0 aliphatic heterocycles. The quantitative estimate of drug-likeness (QED) is 0.129. The van der Waals surface area contributed by atoms with Gasteiger partial charge in [-0.05, 0) is 48.4 Å². The lowest BCUT2D eigenvalue weighted by molar-refractivity contribution is -1.62. The summed E-state index contributed by atoms with van der Waals surface area (Å²) in [6, 6.07) is 17.3. The maximum Gasteiger partial charge on any atom is 0.575 e. The van der Waals surface area contributed by atoms with Crippen LogP contribution < -0.4 is 42.8 Å². The Hall–Kier alpha value is -3.86. The van der Waals surface area contributed by atoms with Gasteiger partial charge in [0.25, 0.3) is 0 Å². The summed E-state index contributed by atoms with van der Waals surface area (Å²) in [6.07, 6.45) is 2.69. The molecule has 0 aliphatic carbocycles. The molecule has 0 spiro atoms. The largest absolute Gasteiger partial charge is 0.575 e. The Kier molecular flexibility index (Phi) is 13.5. The van der Waals surface area contributed by atoms with Gasteiger partial charge in [0.2, 0.25) is 0 Å². The van der Waals surface area contributed by atoms with E-state index in [0.717, 1.165) is 0 Å². The van der Waals surface area contributed by atoms with E-state index in [0.29, 0.717) is 36.4 Å². The number of hydrogen-bond donors (Lipinski definition) is 0. The van der Waals surface area contributed by atoms with Crippen molar-refractivity contribution in [3.8, 4) is 22.6 Å². The van der Waals surface area contributed by atoms with Crippen molar-refractivity contribution in [1.82, 2.24) is 4.57 Å². The number of methoxy groups -OCH3 is 1. The van der Waals surface area contributed by atoms with Gasteiger partial charge in [-0.2, -0.15) is 0 Å². The van der Waals surface area contributed by atoms with E-state index in [1.807, 2.05) is 6.92 Å². The van der Waals surface area contributed by atoms with Crippen molar-refractivity contribution < 1.29 is 62.9 Å². The maximum atomic E-state index is 14.9. The fraction of sp³-hybridized carbons (Fsp3) is 0.258. The molecule has 0 saturated heterocycles. The molecule has 45 heavy (non-hydrogen) atoms. The normalized spacial score (nSPS) is 11.1. The maximum absolute atomic E-state index is 14.9. The molecule has 4 aromatic rings. The molecule has 0 atom stereocenters. The number of nitrogens with zero attached hydrogens (tertiary/aromatic N) is 1. The van der Waals surface area contributed by atoms with Crippen molar-refractivity contribution in [1.29, 1.82) is 0 Å². The number of halogens is 2. The Balaban J connectivity index is 0.000000385. The molecule has 3 aromatic carbocycles. The van der Waals surface area contributed by atoms with E-state index >= 15 is 0 Å². The molecule has 0 saturated carbocycles. The lowest BCUT2D eigenvalue weighted by Crippen LogP contribution is -3.99. The Morgan fingerprint density at radius 3 is 2.31 bits per heavy atom. The van der Waals surface area contributed by atoms with Gasteiger partial charge < -0.3 is 25.7 Å². The van der Waals surface area contributed by atoms with Crippen molar-refractivity contribution in [3.05, 3.63) is 94.5 Å². The highest BCUT2D eigenvalue weighted by molar-refractivity contribution is 7.91. The molecule has 1 aromatic heterocycles. The summed E-state index contributed by atoms with van der Waals surface area (Å²) in [7, 11) is -2.00. The second-order valence-corrected chi connectivity index (χ2v) is 13.3. The van der Waals surface area contributed by atoms with Gasteiger partial charge in [-0.15, -0.1) is 3.07 Å². The third-order valence-electron chi connectivity index (χ3n) is 6.33. The number of pyridine rings is 1. The Morgan fingerprint density at radius 2 is 1.71 bits per heavy atom. The highest BCUT2D eigenvalue weighted by Gasteiger charge is 2.22. The zero-order valence-electron chi connectivity index (χ0n) is 24.4. The minimum atomic E-state index is -3.90. The van der Waals surface area contributed by atoms with Crippen LogP contribution in [0.3, 0.4) is 0 Å². The minimum absolute atomic E-state index is 0.0347. The van der Waals surface area contributed by atoms with Crippen molar-refractivity contribution >= 4 is 33.0 Å². The molecule has 0 N–H and O–H groups in total. The summed E-state index contributed by atoms with van der Waals surface area (Å²) < 4.78 is 76.3. The monoisotopic (exact) mass is 755 g/mol. The summed E-state index contributed by atoms with van der Waals surface area (Å²) in [5, 5.41) is -0.165. The van der Waals surface area contributed by atoms with E-state index in [1.54, 1.807) is 47.0 Å². The average Bonchev–Trinajstić information content (AvgIpc) is 3.03. The number of aromatic nitrogens is 1. The zero-order valence-corrected chi connectivity index (χ0v) is 27.4. The second-order valence-electron chi connectivity index (χ2n) is 9.44. The molecule has 0 bridgehead atoms. The molecule has 0 radical (unpaired) electrons. The molecule has 0 aliphatic rings. The lowest BCUT2D eigenvalue weighted by atomic mass is 10.0. The van der Waals surface area contributed by atoms with Gasteiger partial charge in [0, 0.05) is 24.7 Å². The van der Waals surface area contributed by atoms with Gasteiger partial charge in [0.15, 0.2) is 15.3 Å². The first-order valence-electron chi connectivity index (χ1n) is 13.6. The summed E-state index contributed by atoms with van der Waals surface area (Å²) in [5.41, 5.74) is 0.694. The highest BCUT2D eigenvalue weighted by atomic mass is 127. The fourth-order valence-electron chi connectivity index (χ4n) is 4.19. The van der Waals surface area contributed by atoms with Crippen LogP contribution in [-0.2, 0) is 24.2 Å². The van der Waals surface area contributed by atoms with Gasteiger partial charge in [-0.3, -0.25) is 4.79 Å². The van der Waals surface area contributed by atoms with E-state index in [1.165, 1.54) is 37.6 Å². The summed E-state index contributed by atoms with van der Waals surface area (Å²) in [5.74, 6) is -1.17. The zero-order chi connectivity index (χ0) is 33.0. The van der Waals surface area contributed by atoms with Crippen LogP contribution in [0, 0.1) is 5.82 Å². The molecule has 240 valence electrons. The summed E-state index contributed by atoms with van der Waals surface area (Å²) in [6.45, 7) is 2.24. The molecule has 14 heteroatoms. The van der Waals surface area contributed by atoms with Crippen LogP contribution in [-0.4, -0.2) is 50.5 Å². The molecule has 0 amide bonds. The lowest BCUT2D eigenvalue weighted by Gasteiger charge is -2.17. The number of ether oxygens (including phenoxy) is 2. The van der Waals surface area contributed by atoms with Crippen LogP contribution in [0.25, 0.3) is 22.0 Å². The summed E-state index contributed by atoms with van der Waals surface area (Å²) in [4.78, 5) is 34.8. The van der Waals surface area contributed by atoms with Gasteiger partial charge in [-0.1, -0.05) is 37.3 Å². The highest BCUT2D eigenvalue weighted by Crippen LogP contribution is 2.30. The first-order chi connectivity index (χ1) is 21.5. The first kappa shape index (κ1) is 35.6. The van der Waals surface area contributed by atoms with Crippen LogP contribution in [0.4, 0.5) is 4.39 Å². The fourth-order valence-corrected chi connectivity index (χ4v) is 5.90. The molecule has 11 nitrogen and oxygen atoms in total. The third-order valence-corrected chi connectivity index (χ3v) is 8.75. The average molecular weight is 756 g/mol. The van der Waals surface area contributed by atoms with Gasteiger partial charge >= 0.3 is 27.0 Å². The van der Waals surface area contributed by atoms with Crippen molar-refractivity contribution in [2.24, 2.45) is 0 Å². The molecule has 0 fully saturated rings. The predicted octanol–water partition coefficient (Wildman–Crippen LogP) is -0.457. The molecule has 1 heterocycles. The smallest absolute Gasteiger partial charge is 0.497 e. The summed E-state index contributed by atoms with van der Waals surface area (Å²) >= 11 is -3.90. The second kappa shape index (κ2) is 17.0. The molecule has 4 rings (SSSR count). The van der Waals surface area contributed by atoms with Gasteiger partial charge in [0.05, 0.1) is 41.7 Å². The van der Waals surface area contributed by atoms with Crippen molar-refractivity contribution in [3.63, 3.8) is 0 Å². The number of benzene rings is 3. The number of fused-ring (bicyclic) bond motifs is 1. The Morgan fingerprint density at radius 1 is 1.02 bits per heavy atom. The molecular weight excluding hydrogens is 724 g/mol. The van der Waals surface area contributed by atoms with Crippen molar-refractivity contribution in [2.45, 2.75) is 26.3 Å². The number of sulfone groups is 1. The number of hydrogen-bond acceptors (Lipinski definition) is 10. The Labute approximate surface area is 268 Å². The van der Waals surface area contributed by atoms with E-state index < -0.39 is 48.1 Å². The van der Waals surface area contributed by atoms with Crippen LogP contribution in [0.2, 0.25) is 0 Å². The van der Waals surface area contributed by atoms with E-state index in [-0.39, 0.29) is 46.5 Å². The van der Waals surface area contributed by atoms with Crippen molar-refractivity contribution in [2.75, 3.05) is 25.2 Å². The van der Waals surface area contributed by atoms with Gasteiger partial charge in [-0.25, -0.2) is 17.6 Å². The van der Waals surface area contributed by atoms with E-state index in [9.17, 15) is 34.1 Å². The van der Waals surface area contributed by atoms with E-state index in [4.69, 9.17) is 9.47 Å². The van der Waals surface area contributed by atoms with Crippen LogP contribution in [0.5, 0.6) is 11.5 Å². The Bertz CT molecular complexity index is 1760.